The number of nitrogens with zero attached hydrogens (tertiary/aromatic N) is 1. The lowest BCUT2D eigenvalue weighted by Crippen LogP contribution is -2.17. The molecule has 0 radical (unpaired) electrons. The second kappa shape index (κ2) is 4.09. The highest BCUT2D eigenvalue weighted by Crippen LogP contribution is 2.21. The monoisotopic (exact) mass is 170 g/mol. The van der Waals surface area contributed by atoms with Gasteiger partial charge in [0.15, 0.2) is 6.61 Å². The quantitative estimate of drug-likeness (QED) is 0.632. The number of carbonyl (C=O) groups excluding carboxylic acids is 1. The van der Waals surface area contributed by atoms with Gasteiger partial charge in [0.05, 0.1) is 5.71 Å². The van der Waals surface area contributed by atoms with E-state index in [-0.39, 0.29) is 6.61 Å². The molecule has 0 aromatic heterocycles. The normalized spacial score (nSPS) is 26.1. The molecular weight excluding hydrogens is 156 g/mol. The molecular formula is C8H14N2O2. The fourth-order valence-corrected chi connectivity index (χ4v) is 1.32. The highest BCUT2D eigenvalue weighted by molar-refractivity contribution is 5.87. The lowest BCUT2D eigenvalue weighted by atomic mass is 10.1. The third-order valence-corrected chi connectivity index (χ3v) is 2.03. The summed E-state index contributed by atoms with van der Waals surface area (Å²) in [5, 5.41) is 3.86. The van der Waals surface area contributed by atoms with E-state index in [0.29, 0.717) is 5.92 Å². The number of rotatable bonds is 3. The van der Waals surface area contributed by atoms with Gasteiger partial charge in [0.1, 0.15) is 0 Å². The molecule has 1 amide bonds. The zero-order valence-corrected chi connectivity index (χ0v) is 7.25. The van der Waals surface area contributed by atoms with Gasteiger partial charge < -0.3 is 10.6 Å². The van der Waals surface area contributed by atoms with Gasteiger partial charge in [0, 0.05) is 0 Å². The van der Waals surface area contributed by atoms with Crippen molar-refractivity contribution in [3.63, 3.8) is 0 Å². The van der Waals surface area contributed by atoms with Crippen LogP contribution in [0.15, 0.2) is 5.16 Å². The summed E-state index contributed by atoms with van der Waals surface area (Å²) in [6, 6.07) is 0. The number of amides is 1. The predicted molar refractivity (Wildman–Crippen MR) is 45.6 cm³/mol. The summed E-state index contributed by atoms with van der Waals surface area (Å²) < 4.78 is 0. The fraction of sp³-hybridized carbons (Fsp3) is 0.750. The Bertz CT molecular complexity index is 201. The predicted octanol–water partition coefficient (Wildman–Crippen LogP) is 0.664. The van der Waals surface area contributed by atoms with Gasteiger partial charge >= 0.3 is 0 Å². The smallest absolute Gasteiger partial charge is 0.258 e. The lowest BCUT2D eigenvalue weighted by Gasteiger charge is -2.01. The van der Waals surface area contributed by atoms with Crippen molar-refractivity contribution in [2.75, 3.05) is 6.61 Å². The summed E-state index contributed by atoms with van der Waals surface area (Å²) >= 11 is 0. The molecule has 1 saturated carbocycles. The van der Waals surface area contributed by atoms with E-state index in [4.69, 9.17) is 10.6 Å². The van der Waals surface area contributed by atoms with Crippen LogP contribution in [0.25, 0.3) is 0 Å². The molecule has 0 bridgehead atoms. The molecule has 0 heterocycles. The van der Waals surface area contributed by atoms with Gasteiger partial charge in [-0.05, 0) is 25.2 Å². The Balaban J connectivity index is 2.31. The van der Waals surface area contributed by atoms with Gasteiger partial charge in [-0.15, -0.1) is 0 Å². The van der Waals surface area contributed by atoms with E-state index in [2.05, 4.69) is 12.1 Å². The van der Waals surface area contributed by atoms with Crippen molar-refractivity contribution < 1.29 is 9.63 Å². The Morgan fingerprint density at radius 3 is 3.08 bits per heavy atom. The van der Waals surface area contributed by atoms with Gasteiger partial charge in [-0.3, -0.25) is 4.79 Å². The minimum absolute atomic E-state index is 0.115. The molecule has 0 saturated heterocycles. The van der Waals surface area contributed by atoms with Crippen LogP contribution in [0, 0.1) is 5.92 Å². The van der Waals surface area contributed by atoms with E-state index in [1.54, 1.807) is 0 Å². The molecule has 0 aromatic rings. The summed E-state index contributed by atoms with van der Waals surface area (Å²) in [5.74, 6) is 0.0166. The van der Waals surface area contributed by atoms with Crippen LogP contribution in [0.5, 0.6) is 0 Å². The Labute approximate surface area is 71.8 Å². The molecule has 1 aliphatic carbocycles. The third kappa shape index (κ3) is 2.53. The molecule has 1 atom stereocenters. The van der Waals surface area contributed by atoms with Crippen molar-refractivity contribution in [1.82, 2.24) is 0 Å². The minimum atomic E-state index is -0.481. The number of nitrogens with two attached hydrogens (primary N) is 1. The van der Waals surface area contributed by atoms with Crippen LogP contribution < -0.4 is 5.73 Å². The van der Waals surface area contributed by atoms with Crippen molar-refractivity contribution in [1.29, 1.82) is 0 Å². The second-order valence-corrected chi connectivity index (χ2v) is 3.12. The van der Waals surface area contributed by atoms with Crippen LogP contribution in [0.3, 0.4) is 0 Å². The zero-order valence-electron chi connectivity index (χ0n) is 7.25. The minimum Gasteiger partial charge on any atom is -0.386 e. The summed E-state index contributed by atoms with van der Waals surface area (Å²) in [6.45, 7) is 2.00. The van der Waals surface area contributed by atoms with Gasteiger partial charge in [0.2, 0.25) is 0 Å². The molecule has 0 aromatic carbocycles. The first kappa shape index (κ1) is 9.03. The van der Waals surface area contributed by atoms with E-state index in [1.807, 2.05) is 0 Å². The maximum absolute atomic E-state index is 10.3. The van der Waals surface area contributed by atoms with Crippen LogP contribution >= 0.6 is 0 Å². The summed E-state index contributed by atoms with van der Waals surface area (Å²) in [4.78, 5) is 15.0. The molecule has 1 rings (SSSR count). The Morgan fingerprint density at radius 1 is 1.83 bits per heavy atom. The standard InChI is InChI=1S/C8H14N2O2/c1-6-3-2-4-7(6)10-12-5-8(9)11/h6H,2-5H2,1H3,(H2,9,11)/b10-7+. The number of hydrogen-bond donors (Lipinski definition) is 1. The van der Waals surface area contributed by atoms with Crippen molar-refractivity contribution in [2.45, 2.75) is 26.2 Å². The summed E-state index contributed by atoms with van der Waals surface area (Å²) in [6.07, 6.45) is 3.32. The number of oxime groups is 1. The molecule has 68 valence electrons. The van der Waals surface area contributed by atoms with Gasteiger partial charge in [-0.2, -0.15) is 0 Å². The SMILES string of the molecule is CC1CCC/C1=N\OCC(N)=O. The Hall–Kier alpha value is -1.06. The first-order chi connectivity index (χ1) is 5.70. The Morgan fingerprint density at radius 2 is 2.58 bits per heavy atom. The topological polar surface area (TPSA) is 64.7 Å². The largest absolute Gasteiger partial charge is 0.386 e. The maximum Gasteiger partial charge on any atom is 0.258 e. The highest BCUT2D eigenvalue weighted by atomic mass is 16.6. The molecule has 1 aliphatic rings. The van der Waals surface area contributed by atoms with E-state index in [0.717, 1.165) is 12.1 Å². The zero-order chi connectivity index (χ0) is 8.97. The van der Waals surface area contributed by atoms with E-state index in [1.165, 1.54) is 12.8 Å². The van der Waals surface area contributed by atoms with Gasteiger partial charge in [-0.1, -0.05) is 12.1 Å². The molecule has 1 fully saturated rings. The molecule has 12 heavy (non-hydrogen) atoms. The van der Waals surface area contributed by atoms with Crippen LogP contribution in [-0.2, 0) is 9.63 Å². The van der Waals surface area contributed by atoms with Crippen molar-refractivity contribution >= 4 is 11.6 Å². The number of carbonyl (C=O) groups is 1. The van der Waals surface area contributed by atoms with E-state index >= 15 is 0 Å². The number of primary amides is 1. The van der Waals surface area contributed by atoms with Gasteiger partial charge in [0.25, 0.3) is 5.91 Å². The molecule has 4 nitrogen and oxygen atoms in total. The van der Waals surface area contributed by atoms with Crippen molar-refractivity contribution in [3.8, 4) is 0 Å². The first-order valence-electron chi connectivity index (χ1n) is 4.17. The third-order valence-electron chi connectivity index (χ3n) is 2.03. The average molecular weight is 170 g/mol. The lowest BCUT2D eigenvalue weighted by molar-refractivity contribution is -0.122. The van der Waals surface area contributed by atoms with Crippen LogP contribution in [0.1, 0.15) is 26.2 Å². The molecule has 4 heteroatoms. The fourth-order valence-electron chi connectivity index (χ4n) is 1.32. The van der Waals surface area contributed by atoms with E-state index in [9.17, 15) is 4.79 Å². The first-order valence-corrected chi connectivity index (χ1v) is 4.17. The summed E-state index contributed by atoms with van der Waals surface area (Å²) in [5.41, 5.74) is 5.93. The second-order valence-electron chi connectivity index (χ2n) is 3.12. The van der Waals surface area contributed by atoms with Crippen LogP contribution in [0.2, 0.25) is 0 Å². The highest BCUT2D eigenvalue weighted by Gasteiger charge is 2.18. The van der Waals surface area contributed by atoms with Crippen molar-refractivity contribution in [2.24, 2.45) is 16.8 Å². The maximum atomic E-state index is 10.3. The van der Waals surface area contributed by atoms with Crippen LogP contribution in [0.4, 0.5) is 0 Å². The molecule has 0 spiro atoms. The molecule has 2 N–H and O–H groups in total. The van der Waals surface area contributed by atoms with Crippen LogP contribution in [-0.4, -0.2) is 18.2 Å². The van der Waals surface area contributed by atoms with Gasteiger partial charge in [-0.25, -0.2) is 0 Å². The Kier molecular flexibility index (Phi) is 3.08. The van der Waals surface area contributed by atoms with Crippen molar-refractivity contribution in [3.05, 3.63) is 0 Å². The molecule has 1 unspecified atom stereocenters. The van der Waals surface area contributed by atoms with E-state index < -0.39 is 5.91 Å². The average Bonchev–Trinajstić information content (AvgIpc) is 2.36. The number of hydrogen-bond acceptors (Lipinski definition) is 3. The summed E-state index contributed by atoms with van der Waals surface area (Å²) in [7, 11) is 0. The molecule has 0 aliphatic heterocycles.